The topological polar surface area (TPSA) is 68.3 Å². The van der Waals surface area contributed by atoms with E-state index >= 15 is 4.57 Å². The van der Waals surface area contributed by atoms with Gasteiger partial charge in [0, 0.05) is 29.1 Å². The predicted octanol–water partition coefficient (Wildman–Crippen LogP) is 7.28. The molecule has 0 aliphatic heterocycles. The molecule has 2 bridgehead atoms. The summed E-state index contributed by atoms with van der Waals surface area (Å²) in [5.74, 6) is 0.272. The van der Waals surface area contributed by atoms with Gasteiger partial charge in [-0.05, 0) is 88.0 Å². The van der Waals surface area contributed by atoms with E-state index in [2.05, 4.69) is 13.8 Å². The summed E-state index contributed by atoms with van der Waals surface area (Å²) in [5, 5.41) is 0. The number of benzene rings is 2. The predicted molar refractivity (Wildman–Crippen MR) is 141 cm³/mol. The van der Waals surface area contributed by atoms with Crippen LogP contribution in [0.5, 0.6) is 0 Å². The first-order chi connectivity index (χ1) is 16.2. The van der Waals surface area contributed by atoms with Gasteiger partial charge in [-0.25, -0.2) is 0 Å². The van der Waals surface area contributed by atoms with Gasteiger partial charge < -0.3 is 4.57 Å². The van der Waals surface area contributed by atoms with Crippen molar-refractivity contribution in [3.63, 3.8) is 0 Å². The molecule has 2 aliphatic rings. The second-order valence-electron chi connectivity index (χ2n) is 11.7. The zero-order chi connectivity index (χ0) is 26.1. The molecule has 0 radical (unpaired) electrons. The molecule has 2 aliphatic carbocycles. The van der Waals surface area contributed by atoms with Crippen LogP contribution in [0, 0.1) is 58.3 Å². The van der Waals surface area contributed by atoms with E-state index in [1.807, 2.05) is 65.8 Å². The number of Topliss-reactive ketones (excluding diaryl/α,β-unsaturated/α-hetero) is 1. The Morgan fingerprint density at radius 1 is 0.829 bits per heavy atom. The summed E-state index contributed by atoms with van der Waals surface area (Å²) in [6.07, 6.45) is 1.73. The molecule has 2 aromatic rings. The van der Waals surface area contributed by atoms with Crippen molar-refractivity contribution in [3.05, 3.63) is 68.8 Å². The van der Waals surface area contributed by atoms with Crippen LogP contribution >= 0.6 is 7.14 Å². The lowest BCUT2D eigenvalue weighted by Gasteiger charge is -2.38. The summed E-state index contributed by atoms with van der Waals surface area (Å²) in [7, 11) is -4.20. The fourth-order valence-corrected chi connectivity index (χ4v) is 10.6. The number of hydrogen-bond acceptors (Lipinski definition) is 4. The molecule has 0 saturated heterocycles. The molecule has 0 heterocycles. The Labute approximate surface area is 209 Å². The first kappa shape index (κ1) is 25.8. The summed E-state index contributed by atoms with van der Waals surface area (Å²) in [6.45, 7) is 15.3. The van der Waals surface area contributed by atoms with Crippen molar-refractivity contribution < 1.29 is 18.9 Å². The molecule has 0 N–H and O–H groups in total. The molecule has 0 spiro atoms. The summed E-state index contributed by atoms with van der Waals surface area (Å²) in [4.78, 5) is 42.0. The SMILES string of the molecule is Cc1cc(C)c(C(=O)P(=O)(CC23CCC(CC2=O)C3(C)C)C(=O)c2c(C)cc(C)cc2C)c(C)c1. The van der Waals surface area contributed by atoms with E-state index in [0.717, 1.165) is 39.8 Å². The lowest BCUT2D eigenvalue weighted by molar-refractivity contribution is -0.128. The van der Waals surface area contributed by atoms with Crippen LogP contribution in [0.1, 0.15) is 87.2 Å². The second kappa shape index (κ2) is 8.37. The number of carbonyl (C=O) groups excluding carboxylic acids is 3. The highest BCUT2D eigenvalue weighted by atomic mass is 31.2. The number of hydrogen-bond donors (Lipinski definition) is 0. The van der Waals surface area contributed by atoms with Crippen LogP contribution in [0.25, 0.3) is 0 Å². The third-order valence-electron chi connectivity index (χ3n) is 9.07. The Kier molecular flexibility index (Phi) is 6.16. The van der Waals surface area contributed by atoms with Crippen molar-refractivity contribution in [2.24, 2.45) is 16.7 Å². The van der Waals surface area contributed by atoms with Crippen molar-refractivity contribution in [1.29, 1.82) is 0 Å². The zero-order valence-corrected chi connectivity index (χ0v) is 23.2. The molecule has 186 valence electrons. The monoisotopic (exact) mass is 492 g/mol. The molecule has 2 fully saturated rings. The Bertz CT molecular complexity index is 1210. The fourth-order valence-electron chi connectivity index (χ4n) is 7.15. The summed E-state index contributed by atoms with van der Waals surface area (Å²) < 4.78 is 15.1. The van der Waals surface area contributed by atoms with Crippen LogP contribution in [0.4, 0.5) is 0 Å². The number of rotatable bonds is 6. The number of fused-ring (bicyclic) bond motifs is 2. The lowest BCUT2D eigenvalue weighted by atomic mass is 9.70. The van der Waals surface area contributed by atoms with E-state index in [0.29, 0.717) is 24.0 Å². The van der Waals surface area contributed by atoms with Crippen LogP contribution in [0.2, 0.25) is 0 Å². The Hall–Kier alpha value is -2.32. The van der Waals surface area contributed by atoms with E-state index in [-0.39, 0.29) is 17.9 Å². The molecule has 2 unspecified atom stereocenters. The first-order valence-electron chi connectivity index (χ1n) is 12.5. The Morgan fingerprint density at radius 3 is 1.54 bits per heavy atom. The van der Waals surface area contributed by atoms with E-state index in [9.17, 15) is 14.4 Å². The van der Waals surface area contributed by atoms with Crippen LogP contribution in [0.3, 0.4) is 0 Å². The molecule has 0 aromatic heterocycles. The van der Waals surface area contributed by atoms with Crippen LogP contribution in [-0.2, 0) is 9.36 Å². The normalized spacial score (nSPS) is 23.1. The number of ketones is 1. The van der Waals surface area contributed by atoms with Crippen LogP contribution in [0.15, 0.2) is 24.3 Å². The highest BCUT2D eigenvalue weighted by molar-refractivity contribution is 7.95. The summed E-state index contributed by atoms with van der Waals surface area (Å²) >= 11 is 0. The molecule has 2 aromatic carbocycles. The quantitative estimate of drug-likeness (QED) is 0.398. The fraction of sp³-hybridized carbons (Fsp3) is 0.500. The molecular formula is C30H37O4P. The molecule has 35 heavy (non-hydrogen) atoms. The minimum atomic E-state index is -4.20. The molecule has 2 saturated carbocycles. The lowest BCUT2D eigenvalue weighted by Crippen LogP contribution is -2.41. The van der Waals surface area contributed by atoms with Crippen molar-refractivity contribution in [2.75, 3.05) is 6.16 Å². The average Bonchev–Trinajstić information content (AvgIpc) is 3.06. The molecular weight excluding hydrogens is 455 g/mol. The van der Waals surface area contributed by atoms with Gasteiger partial charge in [-0.2, -0.15) is 0 Å². The van der Waals surface area contributed by atoms with E-state index < -0.39 is 29.0 Å². The highest BCUT2D eigenvalue weighted by Crippen LogP contribution is 2.70. The van der Waals surface area contributed by atoms with Gasteiger partial charge in [-0.15, -0.1) is 0 Å². The minimum absolute atomic E-state index is 0.0641. The molecule has 0 amide bonds. The first-order valence-corrected chi connectivity index (χ1v) is 14.4. The molecule has 4 rings (SSSR count). The third kappa shape index (κ3) is 3.71. The van der Waals surface area contributed by atoms with E-state index in [4.69, 9.17) is 0 Å². The van der Waals surface area contributed by atoms with E-state index in [1.165, 1.54) is 0 Å². The van der Waals surface area contributed by atoms with E-state index in [1.54, 1.807) is 0 Å². The van der Waals surface area contributed by atoms with Crippen molar-refractivity contribution >= 4 is 24.0 Å². The number of carbonyl (C=O) groups is 3. The van der Waals surface area contributed by atoms with Gasteiger partial charge in [0.2, 0.25) is 18.2 Å². The second-order valence-corrected chi connectivity index (χ2v) is 14.3. The van der Waals surface area contributed by atoms with Gasteiger partial charge in [-0.1, -0.05) is 49.2 Å². The number of aryl methyl sites for hydroxylation is 6. The van der Waals surface area contributed by atoms with Gasteiger partial charge >= 0.3 is 0 Å². The molecule has 4 nitrogen and oxygen atoms in total. The maximum atomic E-state index is 15.1. The third-order valence-corrected chi connectivity index (χ3v) is 11.8. The maximum Gasteiger partial charge on any atom is 0.229 e. The minimum Gasteiger partial charge on any atom is -0.307 e. The van der Waals surface area contributed by atoms with Gasteiger partial charge in [0.05, 0.1) is 0 Å². The zero-order valence-electron chi connectivity index (χ0n) is 22.3. The Morgan fingerprint density at radius 2 is 1.23 bits per heavy atom. The van der Waals surface area contributed by atoms with Gasteiger partial charge in [-0.3, -0.25) is 14.4 Å². The van der Waals surface area contributed by atoms with Gasteiger partial charge in [0.25, 0.3) is 0 Å². The van der Waals surface area contributed by atoms with Crippen LogP contribution in [-0.4, -0.2) is 23.0 Å². The van der Waals surface area contributed by atoms with Crippen LogP contribution < -0.4 is 0 Å². The van der Waals surface area contributed by atoms with Gasteiger partial charge in [0.1, 0.15) is 5.78 Å². The highest BCUT2D eigenvalue weighted by Gasteiger charge is 2.67. The molecule has 2 atom stereocenters. The van der Waals surface area contributed by atoms with Crippen molar-refractivity contribution in [1.82, 2.24) is 0 Å². The summed E-state index contributed by atoms with van der Waals surface area (Å²) in [6, 6.07) is 7.58. The standard InChI is InChI=1S/C30H37O4P/c1-17-11-19(3)25(20(4)12-17)27(32)35(34,28(33)26-21(5)13-18(2)14-22(26)6)16-30-10-9-23(15-24(30)31)29(30,7)8/h11-14,23H,9-10,15-16H2,1-8H3. The molecule has 5 heteroatoms. The summed E-state index contributed by atoms with van der Waals surface area (Å²) in [5.41, 5.74) is 3.14. The van der Waals surface area contributed by atoms with Gasteiger partial charge in [0.15, 0.2) is 0 Å². The smallest absolute Gasteiger partial charge is 0.229 e. The maximum absolute atomic E-state index is 15.1. The van der Waals surface area contributed by atoms with Crippen molar-refractivity contribution in [3.8, 4) is 0 Å². The Balaban J connectivity index is 1.95. The van der Waals surface area contributed by atoms with Crippen molar-refractivity contribution in [2.45, 2.75) is 74.7 Å². The largest absolute Gasteiger partial charge is 0.307 e. The average molecular weight is 493 g/mol.